The lowest BCUT2D eigenvalue weighted by Gasteiger charge is -2.30. The first-order valence-electron chi connectivity index (χ1n) is 6.59. The molecule has 0 aromatic heterocycles. The molecule has 0 heterocycles. The molecule has 0 aliphatic heterocycles. The molecule has 0 aromatic rings. The minimum absolute atomic E-state index is 0.0948. The van der Waals surface area contributed by atoms with E-state index < -0.39 is 16.4 Å². The number of allylic oxidation sites excluding steroid dienone is 1. The molecule has 1 rings (SSSR count). The van der Waals surface area contributed by atoms with E-state index in [0.29, 0.717) is 0 Å². The SMILES string of the molecule is CCC/C=C/CC1(O)C(=O)C(C)(C)C(C)(C)C1=O. The average Bonchev–Trinajstić information content (AvgIpc) is 2.38. The summed E-state index contributed by atoms with van der Waals surface area (Å²) in [5.74, 6) is -0.711. The van der Waals surface area contributed by atoms with Crippen LogP contribution in [-0.2, 0) is 9.59 Å². The Morgan fingerprint density at radius 3 is 1.83 bits per heavy atom. The van der Waals surface area contributed by atoms with Gasteiger partial charge in [-0.1, -0.05) is 53.2 Å². The molecular formula is C15H24O3. The first-order chi connectivity index (χ1) is 8.12. The summed E-state index contributed by atoms with van der Waals surface area (Å²) < 4.78 is 0. The van der Waals surface area contributed by atoms with Crippen molar-refractivity contribution in [2.24, 2.45) is 10.8 Å². The number of carbonyl (C=O) groups excluding carboxylic acids is 2. The number of hydrogen-bond donors (Lipinski definition) is 1. The Kier molecular flexibility index (Phi) is 3.87. The summed E-state index contributed by atoms with van der Waals surface area (Å²) in [7, 11) is 0. The molecule has 0 amide bonds. The van der Waals surface area contributed by atoms with Gasteiger partial charge in [0.15, 0.2) is 17.2 Å². The van der Waals surface area contributed by atoms with E-state index in [9.17, 15) is 14.7 Å². The summed E-state index contributed by atoms with van der Waals surface area (Å²) in [4.78, 5) is 24.7. The summed E-state index contributed by atoms with van der Waals surface area (Å²) in [6.45, 7) is 9.00. The molecule has 0 spiro atoms. The molecule has 18 heavy (non-hydrogen) atoms. The van der Waals surface area contributed by atoms with E-state index in [-0.39, 0.29) is 18.0 Å². The van der Waals surface area contributed by atoms with Crippen molar-refractivity contribution in [3.63, 3.8) is 0 Å². The molecular weight excluding hydrogens is 228 g/mol. The minimum atomic E-state index is -1.84. The fourth-order valence-corrected chi connectivity index (χ4v) is 2.43. The molecule has 0 saturated heterocycles. The zero-order valence-corrected chi connectivity index (χ0v) is 12.0. The highest BCUT2D eigenvalue weighted by Gasteiger charge is 2.67. The Morgan fingerprint density at radius 1 is 1.00 bits per heavy atom. The zero-order valence-electron chi connectivity index (χ0n) is 12.0. The standard InChI is InChI=1S/C15H24O3/c1-6-7-8-9-10-15(18)11(16)13(2,3)14(4,5)12(15)17/h8-9,18H,6-7,10H2,1-5H3/b9-8+. The van der Waals surface area contributed by atoms with Crippen LogP contribution in [0.2, 0.25) is 0 Å². The summed E-state index contributed by atoms with van der Waals surface area (Å²) in [6, 6.07) is 0. The molecule has 0 radical (unpaired) electrons. The van der Waals surface area contributed by atoms with Crippen LogP contribution in [0.5, 0.6) is 0 Å². The second kappa shape index (κ2) is 4.61. The van der Waals surface area contributed by atoms with Crippen molar-refractivity contribution in [2.45, 2.75) is 59.5 Å². The van der Waals surface area contributed by atoms with Gasteiger partial charge >= 0.3 is 0 Å². The molecule has 1 N–H and O–H groups in total. The number of Topliss-reactive ketones (excluding diaryl/α,β-unsaturated/α-hetero) is 2. The van der Waals surface area contributed by atoms with Crippen molar-refractivity contribution < 1.29 is 14.7 Å². The van der Waals surface area contributed by atoms with Gasteiger partial charge in [0.05, 0.1) is 0 Å². The number of unbranched alkanes of at least 4 members (excludes halogenated alkanes) is 1. The van der Waals surface area contributed by atoms with Gasteiger partial charge in [-0.3, -0.25) is 9.59 Å². The van der Waals surface area contributed by atoms with Crippen LogP contribution in [-0.4, -0.2) is 22.3 Å². The maximum atomic E-state index is 12.3. The second-order valence-electron chi connectivity index (χ2n) is 6.23. The lowest BCUT2D eigenvalue weighted by atomic mass is 9.70. The van der Waals surface area contributed by atoms with Crippen LogP contribution in [0.25, 0.3) is 0 Å². The monoisotopic (exact) mass is 252 g/mol. The van der Waals surface area contributed by atoms with Gasteiger partial charge in [0.25, 0.3) is 0 Å². The molecule has 1 saturated carbocycles. The lowest BCUT2D eigenvalue weighted by molar-refractivity contribution is -0.147. The van der Waals surface area contributed by atoms with E-state index in [1.165, 1.54) is 0 Å². The summed E-state index contributed by atoms with van der Waals surface area (Å²) in [5, 5.41) is 10.4. The van der Waals surface area contributed by atoms with E-state index in [4.69, 9.17) is 0 Å². The minimum Gasteiger partial charge on any atom is -0.374 e. The molecule has 0 atom stereocenters. The van der Waals surface area contributed by atoms with Crippen LogP contribution >= 0.6 is 0 Å². The quantitative estimate of drug-likeness (QED) is 0.618. The predicted octanol–water partition coefficient (Wildman–Crippen LogP) is 2.67. The number of ketones is 2. The van der Waals surface area contributed by atoms with Crippen LogP contribution in [0.15, 0.2) is 12.2 Å². The molecule has 102 valence electrons. The van der Waals surface area contributed by atoms with Crippen LogP contribution in [0, 0.1) is 10.8 Å². The van der Waals surface area contributed by atoms with Crippen LogP contribution in [0.1, 0.15) is 53.9 Å². The van der Waals surface area contributed by atoms with Crippen molar-refractivity contribution >= 4 is 11.6 Å². The predicted molar refractivity (Wildman–Crippen MR) is 71.2 cm³/mol. The Labute approximate surface area is 109 Å². The Bertz CT molecular complexity index is 363. The first-order valence-corrected chi connectivity index (χ1v) is 6.59. The normalized spacial score (nSPS) is 25.0. The topological polar surface area (TPSA) is 54.4 Å². The van der Waals surface area contributed by atoms with Gasteiger partial charge < -0.3 is 5.11 Å². The van der Waals surface area contributed by atoms with Gasteiger partial charge in [-0.2, -0.15) is 0 Å². The Morgan fingerprint density at radius 2 is 1.44 bits per heavy atom. The third-order valence-corrected chi connectivity index (χ3v) is 4.48. The van der Waals surface area contributed by atoms with Gasteiger partial charge in [-0.25, -0.2) is 0 Å². The maximum absolute atomic E-state index is 12.3. The third kappa shape index (κ3) is 1.95. The Hall–Kier alpha value is -0.960. The summed E-state index contributed by atoms with van der Waals surface area (Å²) in [5.41, 5.74) is -3.48. The fourth-order valence-electron chi connectivity index (χ4n) is 2.43. The maximum Gasteiger partial charge on any atom is 0.185 e. The molecule has 1 aliphatic rings. The smallest absolute Gasteiger partial charge is 0.185 e. The molecule has 1 aliphatic carbocycles. The van der Waals surface area contributed by atoms with Gasteiger partial charge in [-0.05, 0) is 6.42 Å². The van der Waals surface area contributed by atoms with Gasteiger partial charge in [0.2, 0.25) is 0 Å². The van der Waals surface area contributed by atoms with E-state index in [1.807, 2.05) is 6.08 Å². The van der Waals surface area contributed by atoms with E-state index in [2.05, 4.69) is 6.92 Å². The van der Waals surface area contributed by atoms with Gasteiger partial charge in [0, 0.05) is 17.3 Å². The highest BCUT2D eigenvalue weighted by atomic mass is 16.3. The summed E-state index contributed by atoms with van der Waals surface area (Å²) in [6.07, 6.45) is 5.66. The van der Waals surface area contributed by atoms with E-state index in [0.717, 1.165) is 12.8 Å². The van der Waals surface area contributed by atoms with Crippen molar-refractivity contribution in [2.75, 3.05) is 0 Å². The largest absolute Gasteiger partial charge is 0.374 e. The Balaban J connectivity index is 3.03. The van der Waals surface area contributed by atoms with Crippen molar-refractivity contribution in [1.29, 1.82) is 0 Å². The van der Waals surface area contributed by atoms with Gasteiger partial charge in [-0.15, -0.1) is 0 Å². The van der Waals surface area contributed by atoms with Crippen molar-refractivity contribution in [1.82, 2.24) is 0 Å². The van der Waals surface area contributed by atoms with Crippen LogP contribution in [0.4, 0.5) is 0 Å². The zero-order chi connectivity index (χ0) is 14.2. The first kappa shape index (κ1) is 15.1. The fraction of sp³-hybridized carbons (Fsp3) is 0.733. The molecule has 0 aromatic carbocycles. The van der Waals surface area contributed by atoms with Crippen LogP contribution in [0.3, 0.4) is 0 Å². The van der Waals surface area contributed by atoms with Crippen molar-refractivity contribution in [3.8, 4) is 0 Å². The number of rotatable bonds is 4. The van der Waals surface area contributed by atoms with E-state index >= 15 is 0 Å². The number of aliphatic hydroxyl groups is 1. The second-order valence-corrected chi connectivity index (χ2v) is 6.23. The molecule has 3 nitrogen and oxygen atoms in total. The molecule has 1 fully saturated rings. The number of hydrogen-bond acceptors (Lipinski definition) is 3. The highest BCUT2D eigenvalue weighted by molar-refractivity contribution is 6.21. The lowest BCUT2D eigenvalue weighted by Crippen LogP contribution is -2.43. The van der Waals surface area contributed by atoms with Crippen LogP contribution < -0.4 is 0 Å². The molecule has 3 heteroatoms. The summed E-state index contributed by atoms with van der Waals surface area (Å²) >= 11 is 0. The van der Waals surface area contributed by atoms with Gasteiger partial charge in [0.1, 0.15) is 0 Å². The molecule has 0 bridgehead atoms. The van der Waals surface area contributed by atoms with E-state index in [1.54, 1.807) is 33.8 Å². The third-order valence-electron chi connectivity index (χ3n) is 4.48. The highest BCUT2D eigenvalue weighted by Crippen LogP contribution is 2.52. The average molecular weight is 252 g/mol. The number of carbonyl (C=O) groups is 2. The van der Waals surface area contributed by atoms with Crippen molar-refractivity contribution in [3.05, 3.63) is 12.2 Å². The molecule has 0 unspecified atom stereocenters.